The molecule has 0 atom stereocenters. The molecule has 24 heavy (non-hydrogen) atoms. The molecule has 0 heterocycles. The number of carbonyl (C=O) groups is 1. The van der Waals surface area contributed by atoms with Gasteiger partial charge in [0, 0.05) is 22.6 Å². The predicted molar refractivity (Wildman–Crippen MR) is 98.7 cm³/mol. The number of ether oxygens (including phenoxy) is 2. The van der Waals surface area contributed by atoms with Gasteiger partial charge in [0.05, 0.1) is 26.5 Å². The Kier molecular flexibility index (Phi) is 6.63. The lowest BCUT2D eigenvalue weighted by atomic mass is 10.2. The Hall–Kier alpha value is -2.05. The molecule has 6 heteroatoms. The quantitative estimate of drug-likeness (QED) is 0.782. The highest BCUT2D eigenvalue weighted by Gasteiger charge is 2.12. The van der Waals surface area contributed by atoms with Crippen LogP contribution >= 0.6 is 15.9 Å². The van der Waals surface area contributed by atoms with Gasteiger partial charge in [0.25, 0.3) is 0 Å². The van der Waals surface area contributed by atoms with E-state index in [0.717, 1.165) is 27.2 Å². The average Bonchev–Trinajstić information content (AvgIpc) is 2.57. The molecule has 1 amide bonds. The Bertz CT molecular complexity index is 706. The molecule has 0 aliphatic carbocycles. The Labute approximate surface area is 150 Å². The Morgan fingerprint density at radius 3 is 2.58 bits per heavy atom. The minimum Gasteiger partial charge on any atom is -0.497 e. The lowest BCUT2D eigenvalue weighted by molar-refractivity contribution is -0.117. The van der Waals surface area contributed by atoms with Crippen molar-refractivity contribution >= 4 is 27.5 Å². The van der Waals surface area contributed by atoms with Gasteiger partial charge in [0.2, 0.25) is 5.91 Å². The molecule has 0 aliphatic rings. The van der Waals surface area contributed by atoms with Crippen molar-refractivity contribution in [2.24, 2.45) is 0 Å². The molecule has 2 rings (SSSR count). The number of hydrogen-bond donors (Lipinski definition) is 1. The van der Waals surface area contributed by atoms with Crippen LogP contribution in [0.4, 0.5) is 5.69 Å². The fourth-order valence-corrected chi connectivity index (χ4v) is 2.71. The molecule has 5 nitrogen and oxygen atoms in total. The highest BCUT2D eigenvalue weighted by Crippen LogP contribution is 2.25. The number of para-hydroxylation sites is 1. The third kappa shape index (κ3) is 4.97. The van der Waals surface area contributed by atoms with Gasteiger partial charge in [-0.15, -0.1) is 0 Å². The van der Waals surface area contributed by atoms with Crippen LogP contribution in [-0.2, 0) is 11.3 Å². The SMILES string of the molecule is COc1ccc(CN(C)CC(=O)Nc2ccccc2Br)c(OC)c1. The molecule has 1 N–H and O–H groups in total. The van der Waals surface area contributed by atoms with Gasteiger partial charge in [-0.1, -0.05) is 18.2 Å². The summed E-state index contributed by atoms with van der Waals surface area (Å²) < 4.78 is 11.4. The zero-order valence-electron chi connectivity index (χ0n) is 14.0. The molecular formula is C18H21BrN2O3. The molecule has 128 valence electrons. The minimum absolute atomic E-state index is 0.0723. The number of nitrogens with one attached hydrogen (secondary N) is 1. The third-order valence-corrected chi connectivity index (χ3v) is 4.19. The van der Waals surface area contributed by atoms with E-state index < -0.39 is 0 Å². The number of hydrogen-bond acceptors (Lipinski definition) is 4. The van der Waals surface area contributed by atoms with Crippen molar-refractivity contribution < 1.29 is 14.3 Å². The first-order chi connectivity index (χ1) is 11.5. The molecule has 0 fully saturated rings. The van der Waals surface area contributed by atoms with Gasteiger partial charge in [0.15, 0.2) is 0 Å². The highest BCUT2D eigenvalue weighted by molar-refractivity contribution is 9.10. The van der Waals surface area contributed by atoms with Crippen LogP contribution in [0, 0.1) is 0 Å². The lowest BCUT2D eigenvalue weighted by Gasteiger charge is -2.18. The van der Waals surface area contributed by atoms with Gasteiger partial charge < -0.3 is 14.8 Å². The Balaban J connectivity index is 1.96. The van der Waals surface area contributed by atoms with Gasteiger partial charge >= 0.3 is 0 Å². The second-order valence-corrected chi connectivity index (χ2v) is 6.23. The van der Waals surface area contributed by atoms with Gasteiger partial charge in [-0.05, 0) is 41.2 Å². The first-order valence-electron chi connectivity index (χ1n) is 7.47. The maximum Gasteiger partial charge on any atom is 0.238 e. The van der Waals surface area contributed by atoms with E-state index in [9.17, 15) is 4.79 Å². The molecule has 0 radical (unpaired) electrons. The van der Waals surface area contributed by atoms with Gasteiger partial charge in [-0.25, -0.2) is 0 Å². The Morgan fingerprint density at radius 1 is 1.17 bits per heavy atom. The van der Waals surface area contributed by atoms with E-state index in [1.54, 1.807) is 14.2 Å². The number of amides is 1. The fourth-order valence-electron chi connectivity index (χ4n) is 2.33. The van der Waals surface area contributed by atoms with Gasteiger partial charge in [0.1, 0.15) is 11.5 Å². The maximum absolute atomic E-state index is 12.2. The summed E-state index contributed by atoms with van der Waals surface area (Å²) >= 11 is 3.42. The van der Waals surface area contributed by atoms with E-state index >= 15 is 0 Å². The van der Waals surface area contributed by atoms with E-state index in [4.69, 9.17) is 9.47 Å². The molecule has 0 spiro atoms. The van der Waals surface area contributed by atoms with Crippen molar-refractivity contribution in [3.8, 4) is 11.5 Å². The fraction of sp³-hybridized carbons (Fsp3) is 0.278. The number of carbonyl (C=O) groups excluding carboxylic acids is 1. The molecule has 0 aliphatic heterocycles. The van der Waals surface area contributed by atoms with Crippen LogP contribution < -0.4 is 14.8 Å². The number of nitrogens with zero attached hydrogens (tertiary/aromatic N) is 1. The number of methoxy groups -OCH3 is 2. The summed E-state index contributed by atoms with van der Waals surface area (Å²) in [6.45, 7) is 0.868. The zero-order chi connectivity index (χ0) is 17.5. The number of anilines is 1. The van der Waals surface area contributed by atoms with Crippen molar-refractivity contribution in [3.05, 3.63) is 52.5 Å². The first kappa shape index (κ1) is 18.3. The maximum atomic E-state index is 12.2. The molecule has 2 aromatic carbocycles. The van der Waals surface area contributed by atoms with Crippen LogP contribution in [0.15, 0.2) is 46.9 Å². The van der Waals surface area contributed by atoms with E-state index in [1.807, 2.05) is 54.4 Å². The molecule has 0 unspecified atom stereocenters. The molecule has 2 aromatic rings. The zero-order valence-corrected chi connectivity index (χ0v) is 15.6. The van der Waals surface area contributed by atoms with E-state index in [-0.39, 0.29) is 12.5 Å². The van der Waals surface area contributed by atoms with Crippen LogP contribution in [0.5, 0.6) is 11.5 Å². The van der Waals surface area contributed by atoms with Gasteiger partial charge in [-0.2, -0.15) is 0 Å². The summed E-state index contributed by atoms with van der Waals surface area (Å²) in [6.07, 6.45) is 0. The molecule has 0 bridgehead atoms. The minimum atomic E-state index is -0.0723. The van der Waals surface area contributed by atoms with Crippen LogP contribution in [0.3, 0.4) is 0 Å². The van der Waals surface area contributed by atoms with Crippen molar-refractivity contribution in [3.63, 3.8) is 0 Å². The topological polar surface area (TPSA) is 50.8 Å². The van der Waals surface area contributed by atoms with Crippen molar-refractivity contribution in [2.75, 3.05) is 33.1 Å². The first-order valence-corrected chi connectivity index (χ1v) is 8.26. The third-order valence-electron chi connectivity index (χ3n) is 3.50. The average molecular weight is 393 g/mol. The van der Waals surface area contributed by atoms with Crippen molar-refractivity contribution in [1.29, 1.82) is 0 Å². The molecule has 0 aromatic heterocycles. The van der Waals surface area contributed by atoms with Crippen LogP contribution in [0.25, 0.3) is 0 Å². The lowest BCUT2D eigenvalue weighted by Crippen LogP contribution is -2.30. The number of likely N-dealkylation sites (N-methyl/N-ethyl adjacent to an activating group) is 1. The largest absolute Gasteiger partial charge is 0.497 e. The monoisotopic (exact) mass is 392 g/mol. The summed E-state index contributed by atoms with van der Waals surface area (Å²) in [4.78, 5) is 14.1. The van der Waals surface area contributed by atoms with E-state index in [1.165, 1.54) is 0 Å². The summed E-state index contributed by atoms with van der Waals surface area (Å²) in [5.74, 6) is 1.41. The number of halogens is 1. The predicted octanol–water partition coefficient (Wildman–Crippen LogP) is 3.54. The van der Waals surface area contributed by atoms with E-state index in [2.05, 4.69) is 21.2 Å². The summed E-state index contributed by atoms with van der Waals surface area (Å²) in [7, 11) is 5.13. The summed E-state index contributed by atoms with van der Waals surface area (Å²) in [5, 5.41) is 2.90. The second-order valence-electron chi connectivity index (χ2n) is 5.38. The number of benzene rings is 2. The van der Waals surface area contributed by atoms with Crippen molar-refractivity contribution in [2.45, 2.75) is 6.54 Å². The second kappa shape index (κ2) is 8.70. The Morgan fingerprint density at radius 2 is 1.92 bits per heavy atom. The van der Waals surface area contributed by atoms with Crippen LogP contribution in [0.2, 0.25) is 0 Å². The molecule has 0 saturated heterocycles. The summed E-state index contributed by atoms with van der Waals surface area (Å²) in [6, 6.07) is 13.2. The molecular weight excluding hydrogens is 372 g/mol. The number of rotatable bonds is 7. The van der Waals surface area contributed by atoms with Crippen molar-refractivity contribution in [1.82, 2.24) is 4.90 Å². The van der Waals surface area contributed by atoms with E-state index in [0.29, 0.717) is 6.54 Å². The molecule has 0 saturated carbocycles. The van der Waals surface area contributed by atoms with Crippen LogP contribution in [-0.4, -0.2) is 38.6 Å². The normalized spacial score (nSPS) is 10.5. The van der Waals surface area contributed by atoms with Gasteiger partial charge in [-0.3, -0.25) is 9.69 Å². The standard InChI is InChI=1S/C18H21BrN2O3/c1-21(11-13-8-9-14(23-2)10-17(13)24-3)12-18(22)20-16-7-5-4-6-15(16)19/h4-10H,11-12H2,1-3H3,(H,20,22). The summed E-state index contributed by atoms with van der Waals surface area (Å²) in [5.41, 5.74) is 1.76. The highest BCUT2D eigenvalue weighted by atomic mass is 79.9. The van der Waals surface area contributed by atoms with Crippen LogP contribution in [0.1, 0.15) is 5.56 Å². The smallest absolute Gasteiger partial charge is 0.238 e.